The second-order valence-electron chi connectivity index (χ2n) is 7.91. The molecule has 8 nitrogen and oxygen atoms in total. The fourth-order valence-electron chi connectivity index (χ4n) is 4.20. The van der Waals surface area contributed by atoms with E-state index < -0.39 is 17.9 Å². The summed E-state index contributed by atoms with van der Waals surface area (Å²) in [6.07, 6.45) is -0.807. The average Bonchev–Trinajstić information content (AvgIpc) is 3.18. The summed E-state index contributed by atoms with van der Waals surface area (Å²) in [4.78, 5) is 19.0. The molecule has 0 radical (unpaired) electrons. The Hall–Kier alpha value is -3.34. The van der Waals surface area contributed by atoms with Gasteiger partial charge in [-0.15, -0.1) is 0 Å². The molecule has 0 saturated carbocycles. The molecule has 33 heavy (non-hydrogen) atoms. The Morgan fingerprint density at radius 2 is 1.82 bits per heavy atom. The molecule has 0 spiro atoms. The van der Waals surface area contributed by atoms with Crippen LogP contribution in [0.3, 0.4) is 0 Å². The van der Waals surface area contributed by atoms with E-state index in [0.29, 0.717) is 50.6 Å². The van der Waals surface area contributed by atoms with Gasteiger partial charge in [-0.05, 0) is 29.8 Å². The van der Waals surface area contributed by atoms with Gasteiger partial charge in [-0.1, -0.05) is 18.2 Å². The SMILES string of the molecule is O=C1NCCn2c(-c3c(F)cccc3F)nc(Nc3cccc(C(O)N4CCOCC4)c3)c21. The van der Waals surface area contributed by atoms with Crippen LogP contribution in [0, 0.1) is 11.6 Å². The number of amides is 1. The van der Waals surface area contributed by atoms with Crippen LogP contribution in [0.2, 0.25) is 0 Å². The molecule has 3 aromatic rings. The van der Waals surface area contributed by atoms with Gasteiger partial charge in [0, 0.05) is 31.9 Å². The monoisotopic (exact) mass is 455 g/mol. The third-order valence-electron chi connectivity index (χ3n) is 5.83. The number of carbonyl (C=O) groups excluding carboxylic acids is 1. The number of benzene rings is 2. The van der Waals surface area contributed by atoms with Gasteiger partial charge in [0.05, 0.1) is 18.8 Å². The van der Waals surface area contributed by atoms with E-state index in [1.807, 2.05) is 4.90 Å². The maximum Gasteiger partial charge on any atom is 0.271 e. The number of aliphatic hydroxyl groups is 1. The first-order chi connectivity index (χ1) is 16.0. The third-order valence-corrected chi connectivity index (χ3v) is 5.83. The van der Waals surface area contributed by atoms with Gasteiger partial charge in [-0.2, -0.15) is 0 Å². The van der Waals surface area contributed by atoms with E-state index in [1.165, 1.54) is 10.6 Å². The maximum absolute atomic E-state index is 14.5. The molecule has 3 heterocycles. The number of hydrogen-bond donors (Lipinski definition) is 3. The van der Waals surface area contributed by atoms with Crippen molar-refractivity contribution in [3.63, 3.8) is 0 Å². The number of anilines is 2. The van der Waals surface area contributed by atoms with Crippen molar-refractivity contribution in [2.24, 2.45) is 0 Å². The van der Waals surface area contributed by atoms with Gasteiger partial charge in [0.1, 0.15) is 23.7 Å². The van der Waals surface area contributed by atoms with Crippen molar-refractivity contribution in [2.45, 2.75) is 12.8 Å². The van der Waals surface area contributed by atoms with Crippen molar-refractivity contribution in [3.8, 4) is 11.4 Å². The molecule has 0 aliphatic carbocycles. The van der Waals surface area contributed by atoms with Gasteiger partial charge in [0.2, 0.25) is 0 Å². The zero-order valence-corrected chi connectivity index (χ0v) is 17.7. The van der Waals surface area contributed by atoms with Crippen LogP contribution >= 0.6 is 0 Å². The second-order valence-corrected chi connectivity index (χ2v) is 7.91. The minimum absolute atomic E-state index is 0.0439. The molecular weight excluding hydrogens is 432 g/mol. The van der Waals surface area contributed by atoms with Crippen molar-refractivity contribution < 1.29 is 23.4 Å². The number of rotatable bonds is 5. The first-order valence-electron chi connectivity index (χ1n) is 10.7. The highest BCUT2D eigenvalue weighted by Crippen LogP contribution is 2.33. The molecule has 0 bridgehead atoms. The average molecular weight is 455 g/mol. The predicted octanol–water partition coefficient (Wildman–Crippen LogP) is 2.64. The van der Waals surface area contributed by atoms with Crippen LogP contribution in [0.1, 0.15) is 22.3 Å². The number of hydrogen-bond acceptors (Lipinski definition) is 6. The molecule has 1 fully saturated rings. The molecule has 2 aromatic carbocycles. The lowest BCUT2D eigenvalue weighted by molar-refractivity contribution is -0.0603. The van der Waals surface area contributed by atoms with E-state index in [2.05, 4.69) is 15.6 Å². The Balaban J connectivity index is 1.51. The number of nitrogens with zero attached hydrogens (tertiary/aromatic N) is 3. The van der Waals surface area contributed by atoms with Crippen molar-refractivity contribution in [2.75, 3.05) is 38.2 Å². The lowest BCUT2D eigenvalue weighted by atomic mass is 10.1. The number of nitrogens with one attached hydrogen (secondary N) is 2. The Labute approximate surface area is 188 Å². The van der Waals surface area contributed by atoms with Crippen LogP contribution in [-0.4, -0.2) is 58.3 Å². The number of carbonyl (C=O) groups is 1. The van der Waals surface area contributed by atoms with Gasteiger partial charge in [0.25, 0.3) is 5.91 Å². The maximum atomic E-state index is 14.5. The number of imidazole rings is 1. The topological polar surface area (TPSA) is 91.7 Å². The molecule has 1 saturated heterocycles. The van der Waals surface area contributed by atoms with Crippen LogP contribution in [0.5, 0.6) is 0 Å². The molecule has 2 aliphatic rings. The molecule has 1 amide bonds. The van der Waals surface area contributed by atoms with Crippen LogP contribution < -0.4 is 10.6 Å². The van der Waals surface area contributed by atoms with E-state index >= 15 is 0 Å². The largest absolute Gasteiger partial charge is 0.379 e. The number of aromatic nitrogens is 2. The summed E-state index contributed by atoms with van der Waals surface area (Å²) in [5.41, 5.74) is 1.16. The smallest absolute Gasteiger partial charge is 0.271 e. The fourth-order valence-corrected chi connectivity index (χ4v) is 4.20. The van der Waals surface area contributed by atoms with E-state index in [9.17, 15) is 18.7 Å². The normalized spacial score (nSPS) is 17.4. The number of ether oxygens (including phenoxy) is 1. The highest BCUT2D eigenvalue weighted by atomic mass is 19.1. The number of aliphatic hydroxyl groups excluding tert-OH is 1. The summed E-state index contributed by atoms with van der Waals surface area (Å²) in [6.45, 7) is 3.00. The molecular formula is C23H23F2N5O3. The molecule has 1 atom stereocenters. The van der Waals surface area contributed by atoms with Gasteiger partial charge >= 0.3 is 0 Å². The lowest BCUT2D eigenvalue weighted by Gasteiger charge is -2.31. The minimum atomic E-state index is -0.807. The van der Waals surface area contributed by atoms with Crippen LogP contribution in [0.4, 0.5) is 20.3 Å². The summed E-state index contributed by atoms with van der Waals surface area (Å²) < 4.78 is 35.9. The molecule has 3 N–H and O–H groups in total. The Morgan fingerprint density at radius 3 is 2.58 bits per heavy atom. The zero-order valence-electron chi connectivity index (χ0n) is 17.7. The van der Waals surface area contributed by atoms with Gasteiger partial charge < -0.3 is 25.0 Å². The van der Waals surface area contributed by atoms with Crippen molar-refractivity contribution in [1.82, 2.24) is 19.8 Å². The minimum Gasteiger partial charge on any atom is -0.379 e. The summed E-state index contributed by atoms with van der Waals surface area (Å²) in [6, 6.07) is 10.7. The Morgan fingerprint density at radius 1 is 1.09 bits per heavy atom. The van der Waals surface area contributed by atoms with E-state index in [-0.39, 0.29) is 28.8 Å². The highest BCUT2D eigenvalue weighted by molar-refractivity contribution is 5.99. The summed E-state index contributed by atoms with van der Waals surface area (Å²) in [7, 11) is 0. The summed E-state index contributed by atoms with van der Waals surface area (Å²) in [5.74, 6) is -1.67. The van der Waals surface area contributed by atoms with Crippen LogP contribution in [0.15, 0.2) is 42.5 Å². The van der Waals surface area contributed by atoms with Crippen molar-refractivity contribution >= 4 is 17.4 Å². The standard InChI is InChI=1S/C23H23F2N5O3/c24-16-5-2-6-17(25)18(16)21-28-20(19-22(31)26-7-8-30(19)21)27-15-4-1-3-14(13-15)23(32)29-9-11-33-12-10-29/h1-6,13,23,27,32H,7-12H2,(H,26,31). The van der Waals surface area contributed by atoms with Gasteiger partial charge in [-0.3, -0.25) is 9.69 Å². The number of morpholine rings is 1. The first-order valence-corrected chi connectivity index (χ1v) is 10.7. The van der Waals surface area contributed by atoms with Crippen LogP contribution in [-0.2, 0) is 11.3 Å². The quantitative estimate of drug-likeness (QED) is 0.548. The molecule has 10 heteroatoms. The third kappa shape index (κ3) is 4.08. The van der Waals surface area contributed by atoms with E-state index in [0.717, 1.165) is 12.1 Å². The zero-order chi connectivity index (χ0) is 22.9. The van der Waals surface area contributed by atoms with Gasteiger partial charge in [-0.25, -0.2) is 13.8 Å². The molecule has 1 unspecified atom stereocenters. The second kappa shape index (κ2) is 8.89. The fraction of sp³-hybridized carbons (Fsp3) is 0.304. The first kappa shape index (κ1) is 21.5. The predicted molar refractivity (Wildman–Crippen MR) is 117 cm³/mol. The van der Waals surface area contributed by atoms with Crippen molar-refractivity contribution in [3.05, 3.63) is 65.4 Å². The lowest BCUT2D eigenvalue weighted by Crippen LogP contribution is -2.39. The molecule has 172 valence electrons. The number of fused-ring (bicyclic) bond motifs is 1. The highest BCUT2D eigenvalue weighted by Gasteiger charge is 2.29. The van der Waals surface area contributed by atoms with Crippen LogP contribution in [0.25, 0.3) is 11.4 Å². The molecule has 2 aliphatic heterocycles. The van der Waals surface area contributed by atoms with Gasteiger partial charge in [0.15, 0.2) is 11.5 Å². The van der Waals surface area contributed by atoms with Crippen molar-refractivity contribution in [1.29, 1.82) is 0 Å². The van der Waals surface area contributed by atoms with E-state index in [1.54, 1.807) is 24.3 Å². The Kier molecular flexibility index (Phi) is 5.79. The summed E-state index contributed by atoms with van der Waals surface area (Å²) >= 11 is 0. The number of halogens is 2. The Bertz CT molecular complexity index is 1170. The molecule has 5 rings (SSSR count). The molecule has 1 aromatic heterocycles. The summed E-state index contributed by atoms with van der Waals surface area (Å²) in [5, 5.41) is 16.6. The van der Waals surface area contributed by atoms with E-state index in [4.69, 9.17) is 4.74 Å².